The molecule has 1 saturated carbocycles. The predicted octanol–water partition coefficient (Wildman–Crippen LogP) is 6.53. The summed E-state index contributed by atoms with van der Waals surface area (Å²) in [4.78, 5) is 35.8. The molecule has 3 rings (SSSR count). The fourth-order valence-corrected chi connectivity index (χ4v) is 3.34. The van der Waals surface area contributed by atoms with Crippen LogP contribution in [0, 0.1) is 11.8 Å². The molecule has 2 aromatic rings. The van der Waals surface area contributed by atoms with Gasteiger partial charge in [-0.2, -0.15) is 0 Å². The van der Waals surface area contributed by atoms with Crippen molar-refractivity contribution in [2.24, 2.45) is 11.8 Å². The van der Waals surface area contributed by atoms with Crippen LogP contribution in [0.25, 0.3) is 6.08 Å². The number of hydrogen-bond acceptors (Lipinski definition) is 7. The lowest BCUT2D eigenvalue weighted by Gasteiger charge is -2.10. The Balaban J connectivity index is 0.00000247. The van der Waals surface area contributed by atoms with Gasteiger partial charge in [0.05, 0.1) is 24.3 Å². The molecule has 7 nitrogen and oxygen atoms in total. The Labute approximate surface area is 224 Å². The van der Waals surface area contributed by atoms with Crippen molar-refractivity contribution >= 4 is 24.0 Å². The fourth-order valence-electron chi connectivity index (χ4n) is 3.34. The molecule has 1 fully saturated rings. The van der Waals surface area contributed by atoms with Crippen molar-refractivity contribution in [1.29, 1.82) is 0 Å². The number of carbonyl (C=O) groups excluding carboxylic acids is 3. The topological polar surface area (TPSA) is 88.1 Å². The van der Waals surface area contributed by atoms with Crippen molar-refractivity contribution in [3.63, 3.8) is 0 Å². The quantitative estimate of drug-likeness (QED) is 0.0979. The second-order valence-corrected chi connectivity index (χ2v) is 8.08. The van der Waals surface area contributed by atoms with E-state index in [0.29, 0.717) is 47.8 Å². The maximum absolute atomic E-state index is 12.5. The van der Waals surface area contributed by atoms with Gasteiger partial charge in [-0.05, 0) is 48.4 Å². The molecule has 2 atom stereocenters. The third-order valence-corrected chi connectivity index (χ3v) is 5.51. The Hall–Kier alpha value is -4.39. The molecule has 1 aliphatic rings. The summed E-state index contributed by atoms with van der Waals surface area (Å²) >= 11 is 0. The van der Waals surface area contributed by atoms with Crippen LogP contribution in [0.5, 0.6) is 5.75 Å². The minimum absolute atomic E-state index is 0.150. The highest BCUT2D eigenvalue weighted by Crippen LogP contribution is 2.48. The molecule has 1 aliphatic carbocycles. The molecule has 0 heterocycles. The van der Waals surface area contributed by atoms with Crippen molar-refractivity contribution < 1.29 is 33.3 Å². The highest BCUT2D eigenvalue weighted by atomic mass is 16.5. The SMILES string of the molecule is C=CC(=O)OCCCOc1ccc(C(=O)OC(=C)C2CC2C(=C)OC(=O)c2ccc(C=C)cc2)cc1.CC. The van der Waals surface area contributed by atoms with Gasteiger partial charge >= 0.3 is 17.9 Å². The number of ether oxygens (including phenoxy) is 4. The van der Waals surface area contributed by atoms with E-state index in [4.69, 9.17) is 18.9 Å². The second kappa shape index (κ2) is 15.0. The monoisotopic (exact) mass is 518 g/mol. The van der Waals surface area contributed by atoms with Crippen molar-refractivity contribution in [1.82, 2.24) is 0 Å². The molecule has 38 heavy (non-hydrogen) atoms. The van der Waals surface area contributed by atoms with Crippen LogP contribution in [0.3, 0.4) is 0 Å². The minimum atomic E-state index is -0.543. The van der Waals surface area contributed by atoms with Crippen LogP contribution in [0.1, 0.15) is 53.0 Å². The summed E-state index contributed by atoms with van der Waals surface area (Å²) in [6.45, 7) is 19.3. The van der Waals surface area contributed by atoms with E-state index in [-0.39, 0.29) is 18.4 Å². The van der Waals surface area contributed by atoms with Crippen LogP contribution in [0.2, 0.25) is 0 Å². The Morgan fingerprint density at radius 2 is 1.32 bits per heavy atom. The average molecular weight is 519 g/mol. The molecule has 0 N–H and O–H groups in total. The summed E-state index contributed by atoms with van der Waals surface area (Å²) in [7, 11) is 0. The van der Waals surface area contributed by atoms with Crippen LogP contribution in [0.15, 0.2) is 92.4 Å². The number of hydrogen-bond donors (Lipinski definition) is 0. The first-order chi connectivity index (χ1) is 18.3. The summed E-state index contributed by atoms with van der Waals surface area (Å²) in [6.07, 6.45) is 3.94. The van der Waals surface area contributed by atoms with Crippen LogP contribution in [-0.4, -0.2) is 31.1 Å². The molecule has 2 aromatic carbocycles. The first kappa shape index (κ1) is 29.8. The van der Waals surface area contributed by atoms with Crippen LogP contribution < -0.4 is 4.74 Å². The van der Waals surface area contributed by atoms with Crippen molar-refractivity contribution in [2.45, 2.75) is 26.7 Å². The second-order valence-electron chi connectivity index (χ2n) is 8.08. The fraction of sp³-hybridized carbons (Fsp3) is 0.258. The maximum atomic E-state index is 12.5. The zero-order valence-corrected chi connectivity index (χ0v) is 21.9. The summed E-state index contributed by atoms with van der Waals surface area (Å²) in [6, 6.07) is 13.4. The van der Waals surface area contributed by atoms with E-state index >= 15 is 0 Å². The van der Waals surface area contributed by atoms with E-state index in [1.165, 1.54) is 0 Å². The lowest BCUT2D eigenvalue weighted by Crippen LogP contribution is -2.09. The Morgan fingerprint density at radius 1 is 0.816 bits per heavy atom. The number of allylic oxidation sites excluding steroid dienone is 2. The molecule has 200 valence electrons. The highest BCUT2D eigenvalue weighted by Gasteiger charge is 2.45. The van der Waals surface area contributed by atoms with Gasteiger partial charge < -0.3 is 18.9 Å². The van der Waals surface area contributed by atoms with E-state index in [2.05, 4.69) is 26.3 Å². The molecule has 2 unspecified atom stereocenters. The van der Waals surface area contributed by atoms with Gasteiger partial charge in [0.1, 0.15) is 17.3 Å². The third-order valence-electron chi connectivity index (χ3n) is 5.51. The highest BCUT2D eigenvalue weighted by molar-refractivity contribution is 5.91. The summed E-state index contributed by atoms with van der Waals surface area (Å²) in [5.74, 6) is -0.638. The van der Waals surface area contributed by atoms with E-state index < -0.39 is 17.9 Å². The Kier molecular flexibility index (Phi) is 11.8. The lowest BCUT2D eigenvalue weighted by atomic mass is 10.1. The van der Waals surface area contributed by atoms with Gasteiger partial charge in [0, 0.05) is 24.3 Å². The van der Waals surface area contributed by atoms with Crippen LogP contribution in [0.4, 0.5) is 0 Å². The van der Waals surface area contributed by atoms with Crippen LogP contribution in [-0.2, 0) is 19.0 Å². The van der Waals surface area contributed by atoms with E-state index in [9.17, 15) is 14.4 Å². The van der Waals surface area contributed by atoms with Crippen LogP contribution >= 0.6 is 0 Å². The summed E-state index contributed by atoms with van der Waals surface area (Å²) in [5, 5.41) is 0. The molecular formula is C31H34O7. The average Bonchev–Trinajstić information content (AvgIpc) is 3.75. The van der Waals surface area contributed by atoms with Gasteiger partial charge in [-0.3, -0.25) is 0 Å². The summed E-state index contributed by atoms with van der Waals surface area (Å²) in [5.41, 5.74) is 1.65. The third kappa shape index (κ3) is 8.92. The van der Waals surface area contributed by atoms with Gasteiger partial charge in [-0.15, -0.1) is 0 Å². The summed E-state index contributed by atoms with van der Waals surface area (Å²) < 4.78 is 21.2. The van der Waals surface area contributed by atoms with Gasteiger partial charge in [-0.1, -0.05) is 58.4 Å². The Bertz CT molecular complexity index is 1160. The molecule has 0 radical (unpaired) electrons. The largest absolute Gasteiger partial charge is 0.493 e. The molecule has 0 amide bonds. The molecule has 0 saturated heterocycles. The van der Waals surface area contributed by atoms with Gasteiger partial charge in [0.15, 0.2) is 0 Å². The molecular weight excluding hydrogens is 484 g/mol. The van der Waals surface area contributed by atoms with Crippen molar-refractivity contribution in [3.05, 3.63) is 109 Å². The molecule has 0 spiro atoms. The van der Waals surface area contributed by atoms with E-state index in [1.54, 1.807) is 54.6 Å². The normalized spacial score (nSPS) is 15.0. The molecule has 0 aliphatic heterocycles. The first-order valence-electron chi connectivity index (χ1n) is 12.4. The van der Waals surface area contributed by atoms with Gasteiger partial charge in [-0.25, -0.2) is 14.4 Å². The maximum Gasteiger partial charge on any atom is 0.343 e. The first-order valence-corrected chi connectivity index (χ1v) is 12.4. The molecule has 0 aromatic heterocycles. The van der Waals surface area contributed by atoms with E-state index in [0.717, 1.165) is 11.6 Å². The number of benzene rings is 2. The van der Waals surface area contributed by atoms with E-state index in [1.807, 2.05) is 13.8 Å². The van der Waals surface area contributed by atoms with Gasteiger partial charge in [0.2, 0.25) is 0 Å². The zero-order chi connectivity index (χ0) is 28.1. The standard InChI is InChI=1S/C29H28O7.C2H6/c1-5-21-8-10-22(11-9-21)28(31)35-19(3)25-18-26(25)20(4)36-29(32)23-12-14-24(15-13-23)33-16-7-17-34-27(30)6-2;1-2/h5-6,8-15,25-26H,1-4,7,16-18H2;1-2H3. The zero-order valence-electron chi connectivity index (χ0n) is 21.9. The Morgan fingerprint density at radius 3 is 1.79 bits per heavy atom. The van der Waals surface area contributed by atoms with Crippen molar-refractivity contribution in [3.8, 4) is 5.75 Å². The number of carbonyl (C=O) groups is 3. The number of esters is 3. The minimum Gasteiger partial charge on any atom is -0.493 e. The lowest BCUT2D eigenvalue weighted by molar-refractivity contribution is -0.137. The smallest absolute Gasteiger partial charge is 0.343 e. The van der Waals surface area contributed by atoms with Crippen molar-refractivity contribution in [2.75, 3.05) is 13.2 Å². The predicted molar refractivity (Wildman–Crippen MR) is 146 cm³/mol. The van der Waals surface area contributed by atoms with Gasteiger partial charge in [0.25, 0.3) is 0 Å². The molecule has 7 heteroatoms. The molecule has 0 bridgehead atoms. The number of rotatable bonds is 13.